The molecule has 92 valence electrons. The van der Waals surface area contributed by atoms with Gasteiger partial charge in [0.1, 0.15) is 0 Å². The summed E-state index contributed by atoms with van der Waals surface area (Å²) in [5.41, 5.74) is 0.253. The SMILES string of the molecule is CCC[C@@H](O)C1=C(Br)[C@@](CBr)(OC)OC1=O. The molecular weight excluding hydrogens is 344 g/mol. The summed E-state index contributed by atoms with van der Waals surface area (Å²) in [6.07, 6.45) is 0.483. The first-order valence-electron chi connectivity index (χ1n) is 4.95. The van der Waals surface area contributed by atoms with Gasteiger partial charge in [-0.25, -0.2) is 4.79 Å². The summed E-state index contributed by atoms with van der Waals surface area (Å²) in [5, 5.41) is 10.2. The van der Waals surface area contributed by atoms with Gasteiger partial charge in [0, 0.05) is 7.11 Å². The van der Waals surface area contributed by atoms with E-state index in [1.807, 2.05) is 6.92 Å². The van der Waals surface area contributed by atoms with Crippen molar-refractivity contribution >= 4 is 37.8 Å². The standard InChI is InChI=1S/C10H14Br2O4/c1-3-4-6(13)7-8(12)10(5-11,15-2)16-9(7)14/h6,13H,3-5H2,1-2H3/t6-,10+/m1/s1. The summed E-state index contributed by atoms with van der Waals surface area (Å²) in [5.74, 6) is -1.67. The molecular formula is C10H14Br2O4. The Hall–Kier alpha value is 0.0900. The maximum atomic E-state index is 11.7. The van der Waals surface area contributed by atoms with Crippen molar-refractivity contribution in [2.45, 2.75) is 31.7 Å². The molecule has 0 fully saturated rings. The van der Waals surface area contributed by atoms with Crippen molar-refractivity contribution in [1.82, 2.24) is 0 Å². The highest BCUT2D eigenvalue weighted by atomic mass is 79.9. The van der Waals surface area contributed by atoms with Gasteiger partial charge in [0.2, 0.25) is 0 Å². The fourth-order valence-corrected chi connectivity index (χ4v) is 3.33. The first kappa shape index (κ1) is 14.2. The van der Waals surface area contributed by atoms with E-state index in [4.69, 9.17) is 9.47 Å². The number of cyclic esters (lactones) is 1. The van der Waals surface area contributed by atoms with E-state index in [1.165, 1.54) is 7.11 Å². The van der Waals surface area contributed by atoms with Crippen LogP contribution in [-0.2, 0) is 14.3 Å². The molecule has 0 aromatic carbocycles. The number of ether oxygens (including phenoxy) is 2. The van der Waals surface area contributed by atoms with Crippen LogP contribution in [0.3, 0.4) is 0 Å². The summed E-state index contributed by atoms with van der Waals surface area (Å²) in [6.45, 7) is 1.94. The third-order valence-electron chi connectivity index (χ3n) is 2.45. The molecule has 6 heteroatoms. The number of aliphatic hydroxyl groups excluding tert-OH is 1. The van der Waals surface area contributed by atoms with Gasteiger partial charge in [-0.3, -0.25) is 0 Å². The average molecular weight is 358 g/mol. The van der Waals surface area contributed by atoms with Crippen molar-refractivity contribution in [1.29, 1.82) is 0 Å². The zero-order valence-corrected chi connectivity index (χ0v) is 12.3. The Balaban J connectivity index is 3.05. The van der Waals surface area contributed by atoms with Gasteiger partial charge in [-0.1, -0.05) is 29.3 Å². The molecule has 0 spiro atoms. The predicted octanol–water partition coefficient (Wildman–Crippen LogP) is 2.09. The topological polar surface area (TPSA) is 55.8 Å². The van der Waals surface area contributed by atoms with Crippen molar-refractivity contribution in [3.05, 3.63) is 10.1 Å². The highest BCUT2D eigenvalue weighted by molar-refractivity contribution is 9.12. The van der Waals surface area contributed by atoms with Crippen molar-refractivity contribution in [2.75, 3.05) is 12.4 Å². The molecule has 1 rings (SSSR count). The van der Waals surface area contributed by atoms with E-state index < -0.39 is 17.9 Å². The van der Waals surface area contributed by atoms with E-state index in [2.05, 4.69) is 31.9 Å². The second-order valence-electron chi connectivity index (χ2n) is 3.51. The van der Waals surface area contributed by atoms with Crippen LogP contribution in [0.2, 0.25) is 0 Å². The molecule has 0 unspecified atom stereocenters. The lowest BCUT2D eigenvalue weighted by Crippen LogP contribution is -2.34. The largest absolute Gasteiger partial charge is 0.424 e. The average Bonchev–Trinajstić information content (AvgIpc) is 2.51. The van der Waals surface area contributed by atoms with Crippen LogP contribution in [-0.4, -0.2) is 35.4 Å². The monoisotopic (exact) mass is 356 g/mol. The van der Waals surface area contributed by atoms with E-state index in [-0.39, 0.29) is 5.57 Å². The van der Waals surface area contributed by atoms with Crippen LogP contribution >= 0.6 is 31.9 Å². The van der Waals surface area contributed by atoms with Crippen molar-refractivity contribution in [3.63, 3.8) is 0 Å². The molecule has 0 saturated heterocycles. The fraction of sp³-hybridized carbons (Fsp3) is 0.700. The summed E-state index contributed by atoms with van der Waals surface area (Å²) in [4.78, 5) is 11.7. The molecule has 0 aliphatic carbocycles. The van der Waals surface area contributed by atoms with Crippen LogP contribution in [0.5, 0.6) is 0 Å². The van der Waals surface area contributed by atoms with Gasteiger partial charge in [-0.15, -0.1) is 0 Å². The highest BCUT2D eigenvalue weighted by Crippen LogP contribution is 2.40. The second-order valence-corrected chi connectivity index (χ2v) is 4.87. The molecule has 0 aromatic heterocycles. The molecule has 4 nitrogen and oxygen atoms in total. The highest BCUT2D eigenvalue weighted by Gasteiger charge is 2.48. The number of hydrogen-bond donors (Lipinski definition) is 1. The smallest absolute Gasteiger partial charge is 0.340 e. The Morgan fingerprint density at radius 2 is 2.25 bits per heavy atom. The Kier molecular flexibility index (Phi) is 4.97. The van der Waals surface area contributed by atoms with Gasteiger partial charge in [0.25, 0.3) is 5.79 Å². The zero-order chi connectivity index (χ0) is 12.3. The first-order valence-corrected chi connectivity index (χ1v) is 6.86. The van der Waals surface area contributed by atoms with Crippen LogP contribution in [0.25, 0.3) is 0 Å². The van der Waals surface area contributed by atoms with Gasteiger partial charge in [-0.05, 0) is 22.4 Å². The third kappa shape index (κ3) is 2.34. The van der Waals surface area contributed by atoms with E-state index in [0.29, 0.717) is 16.2 Å². The van der Waals surface area contributed by atoms with E-state index in [1.54, 1.807) is 0 Å². The second kappa shape index (κ2) is 5.62. The van der Waals surface area contributed by atoms with E-state index in [0.717, 1.165) is 6.42 Å². The summed E-state index contributed by atoms with van der Waals surface area (Å²) in [6, 6.07) is 0. The Labute approximate surface area is 111 Å². The Morgan fingerprint density at radius 1 is 1.62 bits per heavy atom. The molecule has 0 bridgehead atoms. The molecule has 0 amide bonds. The molecule has 1 N–H and O–H groups in total. The molecule has 0 saturated carbocycles. The van der Waals surface area contributed by atoms with Crippen LogP contribution in [0.4, 0.5) is 0 Å². The number of hydrogen-bond acceptors (Lipinski definition) is 4. The summed E-state index contributed by atoms with van der Waals surface area (Å²) in [7, 11) is 1.45. The molecule has 1 aliphatic rings. The number of alkyl halides is 1. The Bertz CT molecular complexity index is 310. The summed E-state index contributed by atoms with van der Waals surface area (Å²) < 4.78 is 10.8. The quantitative estimate of drug-likeness (QED) is 0.604. The lowest BCUT2D eigenvalue weighted by Gasteiger charge is -2.24. The van der Waals surface area contributed by atoms with Crippen molar-refractivity contribution in [2.24, 2.45) is 0 Å². The number of esters is 1. The number of halogens is 2. The molecule has 2 atom stereocenters. The minimum atomic E-state index is -1.14. The van der Waals surface area contributed by atoms with Crippen LogP contribution in [0, 0.1) is 0 Å². The van der Waals surface area contributed by atoms with Crippen LogP contribution < -0.4 is 0 Å². The minimum absolute atomic E-state index is 0.253. The summed E-state index contributed by atoms with van der Waals surface area (Å²) >= 11 is 6.51. The Morgan fingerprint density at radius 3 is 2.62 bits per heavy atom. The zero-order valence-electron chi connectivity index (χ0n) is 9.13. The van der Waals surface area contributed by atoms with Crippen LogP contribution in [0.1, 0.15) is 19.8 Å². The van der Waals surface area contributed by atoms with Gasteiger partial charge in [0.15, 0.2) is 0 Å². The van der Waals surface area contributed by atoms with Gasteiger partial charge in [-0.2, -0.15) is 0 Å². The van der Waals surface area contributed by atoms with Gasteiger partial charge >= 0.3 is 5.97 Å². The molecule has 1 aliphatic heterocycles. The fourth-order valence-electron chi connectivity index (χ4n) is 1.52. The normalized spacial score (nSPS) is 27.2. The minimum Gasteiger partial charge on any atom is -0.424 e. The maximum Gasteiger partial charge on any atom is 0.340 e. The van der Waals surface area contributed by atoms with E-state index in [9.17, 15) is 9.90 Å². The number of carbonyl (C=O) groups is 1. The molecule has 0 radical (unpaired) electrons. The maximum absolute atomic E-state index is 11.7. The molecule has 16 heavy (non-hydrogen) atoms. The number of methoxy groups -OCH3 is 1. The number of carbonyl (C=O) groups excluding carboxylic acids is 1. The van der Waals surface area contributed by atoms with Gasteiger partial charge in [0.05, 0.1) is 21.5 Å². The predicted molar refractivity (Wildman–Crippen MR) is 66.5 cm³/mol. The van der Waals surface area contributed by atoms with Crippen LogP contribution in [0.15, 0.2) is 10.1 Å². The number of rotatable bonds is 5. The molecule has 1 heterocycles. The lowest BCUT2D eigenvalue weighted by atomic mass is 10.1. The van der Waals surface area contributed by atoms with Crippen molar-refractivity contribution < 1.29 is 19.4 Å². The third-order valence-corrected chi connectivity index (χ3v) is 4.22. The van der Waals surface area contributed by atoms with E-state index >= 15 is 0 Å². The first-order chi connectivity index (χ1) is 7.52. The number of aliphatic hydroxyl groups is 1. The lowest BCUT2D eigenvalue weighted by molar-refractivity contribution is -0.181. The van der Waals surface area contributed by atoms with Gasteiger partial charge < -0.3 is 14.6 Å². The molecule has 0 aromatic rings. The van der Waals surface area contributed by atoms with Crippen molar-refractivity contribution in [3.8, 4) is 0 Å².